The maximum absolute atomic E-state index is 13.3. The Morgan fingerprint density at radius 3 is 2.29 bits per heavy atom. The Balaban J connectivity index is 1.57. The first-order valence-corrected chi connectivity index (χ1v) is 9.68. The van der Waals surface area contributed by atoms with Crippen molar-refractivity contribution < 1.29 is 12.8 Å². The summed E-state index contributed by atoms with van der Waals surface area (Å²) in [7, 11) is -3.26. The third-order valence-corrected chi connectivity index (χ3v) is 6.17. The summed E-state index contributed by atoms with van der Waals surface area (Å²) in [5.41, 5.74) is 1.83. The van der Waals surface area contributed by atoms with E-state index in [4.69, 9.17) is 0 Å². The third-order valence-electron chi connectivity index (χ3n) is 4.30. The molecule has 0 unspecified atom stereocenters. The monoisotopic (exact) mass is 348 g/mol. The molecular weight excluding hydrogens is 327 g/mol. The van der Waals surface area contributed by atoms with Crippen LogP contribution in [0.2, 0.25) is 0 Å². The number of piperazine rings is 1. The number of nitrogens with zero attached hydrogens (tertiary/aromatic N) is 2. The number of anilines is 1. The second kappa shape index (κ2) is 7.32. The SMILES string of the molecule is O=S(=O)(CCc1ccccc1)N1CCN(c2cccc(F)c2)CC1. The number of hydrogen-bond acceptors (Lipinski definition) is 3. The highest BCUT2D eigenvalue weighted by Gasteiger charge is 2.26. The van der Waals surface area contributed by atoms with Crippen LogP contribution in [-0.4, -0.2) is 44.7 Å². The summed E-state index contributed by atoms with van der Waals surface area (Å²) < 4.78 is 39.9. The lowest BCUT2D eigenvalue weighted by Crippen LogP contribution is -2.49. The maximum Gasteiger partial charge on any atom is 0.214 e. The van der Waals surface area contributed by atoms with Gasteiger partial charge in [-0.25, -0.2) is 12.8 Å². The van der Waals surface area contributed by atoms with E-state index in [1.807, 2.05) is 41.3 Å². The lowest BCUT2D eigenvalue weighted by Gasteiger charge is -2.35. The van der Waals surface area contributed by atoms with Crippen molar-refractivity contribution in [3.8, 4) is 0 Å². The summed E-state index contributed by atoms with van der Waals surface area (Å²) in [6.45, 7) is 2.03. The van der Waals surface area contributed by atoms with E-state index in [9.17, 15) is 12.8 Å². The topological polar surface area (TPSA) is 40.6 Å². The molecule has 0 radical (unpaired) electrons. The van der Waals surface area contributed by atoms with E-state index in [0.29, 0.717) is 32.6 Å². The van der Waals surface area contributed by atoms with Gasteiger partial charge in [-0.05, 0) is 30.2 Å². The molecule has 1 aliphatic heterocycles. The minimum absolute atomic E-state index is 0.122. The molecule has 4 nitrogen and oxygen atoms in total. The van der Waals surface area contributed by atoms with Gasteiger partial charge >= 0.3 is 0 Å². The summed E-state index contributed by atoms with van der Waals surface area (Å²) in [6, 6.07) is 16.1. The fraction of sp³-hybridized carbons (Fsp3) is 0.333. The zero-order valence-corrected chi connectivity index (χ0v) is 14.3. The highest BCUT2D eigenvalue weighted by Crippen LogP contribution is 2.19. The minimum Gasteiger partial charge on any atom is -0.369 e. The Bertz CT molecular complexity index is 773. The van der Waals surface area contributed by atoms with Gasteiger partial charge in [0.1, 0.15) is 5.82 Å². The molecule has 6 heteroatoms. The summed E-state index contributed by atoms with van der Waals surface area (Å²) in [5, 5.41) is 0. The van der Waals surface area contributed by atoms with Crippen molar-refractivity contribution >= 4 is 15.7 Å². The molecule has 2 aromatic carbocycles. The summed E-state index contributed by atoms with van der Waals surface area (Å²) in [4.78, 5) is 2.02. The van der Waals surface area contributed by atoms with Crippen LogP contribution in [0.1, 0.15) is 5.56 Å². The maximum atomic E-state index is 13.3. The first kappa shape index (κ1) is 16.9. The van der Waals surface area contributed by atoms with Gasteiger partial charge in [0, 0.05) is 31.9 Å². The minimum atomic E-state index is -3.26. The zero-order valence-electron chi connectivity index (χ0n) is 13.4. The van der Waals surface area contributed by atoms with Crippen LogP contribution in [0, 0.1) is 5.82 Å². The standard InChI is InChI=1S/C18H21FN2O2S/c19-17-7-4-8-18(15-17)20-10-12-21(13-11-20)24(22,23)14-9-16-5-2-1-3-6-16/h1-8,15H,9-14H2. The highest BCUT2D eigenvalue weighted by molar-refractivity contribution is 7.89. The number of sulfonamides is 1. The van der Waals surface area contributed by atoms with Gasteiger partial charge in [0.2, 0.25) is 10.0 Å². The Kier molecular flexibility index (Phi) is 5.16. The normalized spacial score (nSPS) is 16.3. The van der Waals surface area contributed by atoms with Crippen LogP contribution < -0.4 is 4.90 Å². The molecular formula is C18H21FN2O2S. The van der Waals surface area contributed by atoms with Crippen molar-refractivity contribution in [3.63, 3.8) is 0 Å². The van der Waals surface area contributed by atoms with Crippen molar-refractivity contribution in [2.75, 3.05) is 36.8 Å². The first-order valence-electron chi connectivity index (χ1n) is 8.07. The van der Waals surface area contributed by atoms with Crippen LogP contribution in [0.4, 0.5) is 10.1 Å². The lowest BCUT2D eigenvalue weighted by atomic mass is 10.2. The molecule has 0 saturated carbocycles. The molecule has 0 bridgehead atoms. The van der Waals surface area contributed by atoms with Gasteiger partial charge in [0.25, 0.3) is 0 Å². The van der Waals surface area contributed by atoms with Crippen molar-refractivity contribution in [1.82, 2.24) is 4.31 Å². The second-order valence-electron chi connectivity index (χ2n) is 5.92. The van der Waals surface area contributed by atoms with Crippen molar-refractivity contribution in [2.24, 2.45) is 0 Å². The largest absolute Gasteiger partial charge is 0.369 e. The van der Waals surface area contributed by atoms with Crippen LogP contribution >= 0.6 is 0 Å². The van der Waals surface area contributed by atoms with E-state index in [1.54, 1.807) is 10.4 Å². The van der Waals surface area contributed by atoms with Crippen LogP contribution in [-0.2, 0) is 16.4 Å². The summed E-state index contributed by atoms with van der Waals surface area (Å²) >= 11 is 0. The molecule has 0 atom stereocenters. The highest BCUT2D eigenvalue weighted by atomic mass is 32.2. The van der Waals surface area contributed by atoms with Crippen molar-refractivity contribution in [2.45, 2.75) is 6.42 Å². The first-order chi connectivity index (χ1) is 11.5. The van der Waals surface area contributed by atoms with E-state index in [-0.39, 0.29) is 11.6 Å². The second-order valence-corrected chi connectivity index (χ2v) is 8.01. The van der Waals surface area contributed by atoms with E-state index < -0.39 is 10.0 Å². The predicted molar refractivity (Wildman–Crippen MR) is 94.1 cm³/mol. The van der Waals surface area contributed by atoms with Gasteiger partial charge < -0.3 is 4.90 Å². The van der Waals surface area contributed by atoms with Crippen molar-refractivity contribution in [3.05, 3.63) is 66.0 Å². The van der Waals surface area contributed by atoms with E-state index in [1.165, 1.54) is 12.1 Å². The Hall–Kier alpha value is -1.92. The summed E-state index contributed by atoms with van der Waals surface area (Å²) in [5.74, 6) is -0.151. The number of aryl methyl sites for hydroxylation is 1. The van der Waals surface area contributed by atoms with Gasteiger partial charge in [-0.1, -0.05) is 36.4 Å². The molecule has 1 aliphatic rings. The molecule has 0 aromatic heterocycles. The predicted octanol–water partition coefficient (Wildman–Crippen LogP) is 2.52. The molecule has 1 fully saturated rings. The molecule has 0 N–H and O–H groups in total. The number of hydrogen-bond donors (Lipinski definition) is 0. The van der Waals surface area contributed by atoms with Crippen LogP contribution in [0.25, 0.3) is 0 Å². The molecule has 0 aliphatic carbocycles. The quantitative estimate of drug-likeness (QED) is 0.834. The number of rotatable bonds is 5. The van der Waals surface area contributed by atoms with Crippen molar-refractivity contribution in [1.29, 1.82) is 0 Å². The fourth-order valence-corrected chi connectivity index (χ4v) is 4.39. The van der Waals surface area contributed by atoms with Gasteiger partial charge in [-0.2, -0.15) is 4.31 Å². The molecule has 1 heterocycles. The van der Waals surface area contributed by atoms with Crippen LogP contribution in [0.15, 0.2) is 54.6 Å². The van der Waals surface area contributed by atoms with E-state index >= 15 is 0 Å². The van der Waals surface area contributed by atoms with Crippen LogP contribution in [0.5, 0.6) is 0 Å². The molecule has 0 amide bonds. The Morgan fingerprint density at radius 2 is 1.62 bits per heavy atom. The molecule has 3 rings (SSSR count). The van der Waals surface area contributed by atoms with Gasteiger partial charge in [0.15, 0.2) is 0 Å². The van der Waals surface area contributed by atoms with Gasteiger partial charge in [0.05, 0.1) is 5.75 Å². The lowest BCUT2D eigenvalue weighted by molar-refractivity contribution is 0.384. The summed E-state index contributed by atoms with van der Waals surface area (Å²) in [6.07, 6.45) is 0.521. The van der Waals surface area contributed by atoms with Gasteiger partial charge in [-0.15, -0.1) is 0 Å². The van der Waals surface area contributed by atoms with Crippen LogP contribution in [0.3, 0.4) is 0 Å². The number of benzene rings is 2. The number of halogens is 1. The average Bonchev–Trinajstić information content (AvgIpc) is 2.61. The Morgan fingerprint density at radius 1 is 0.917 bits per heavy atom. The average molecular weight is 348 g/mol. The molecule has 128 valence electrons. The van der Waals surface area contributed by atoms with E-state index in [2.05, 4.69) is 0 Å². The smallest absolute Gasteiger partial charge is 0.214 e. The Labute approximate surface area is 142 Å². The third kappa shape index (κ3) is 4.13. The van der Waals surface area contributed by atoms with E-state index in [0.717, 1.165) is 11.3 Å². The molecule has 0 spiro atoms. The molecule has 1 saturated heterocycles. The van der Waals surface area contributed by atoms with Gasteiger partial charge in [-0.3, -0.25) is 0 Å². The zero-order chi connectivity index (χ0) is 17.0. The fourth-order valence-electron chi connectivity index (χ4n) is 2.92. The molecule has 24 heavy (non-hydrogen) atoms. The molecule has 2 aromatic rings.